The van der Waals surface area contributed by atoms with Crippen molar-refractivity contribution >= 4 is 5.91 Å². The second-order valence-electron chi connectivity index (χ2n) is 4.65. The molecule has 0 aliphatic carbocycles. The summed E-state index contributed by atoms with van der Waals surface area (Å²) in [5.74, 6) is 0.287. The third-order valence-corrected chi connectivity index (χ3v) is 2.89. The lowest BCUT2D eigenvalue weighted by atomic mass is 10.0. The van der Waals surface area contributed by atoms with E-state index in [0.717, 1.165) is 5.56 Å². The SMILES string of the molecule is COc1cc(CNC(C(N)=O)C(C)C)ccc1C#N. The topological polar surface area (TPSA) is 88.1 Å². The zero-order valence-electron chi connectivity index (χ0n) is 11.4. The Bertz CT molecular complexity index is 492. The number of nitrogens with one attached hydrogen (secondary N) is 1. The molecule has 0 fully saturated rings. The Balaban J connectivity index is 2.78. The summed E-state index contributed by atoms with van der Waals surface area (Å²) in [6, 6.07) is 6.99. The number of primary amides is 1. The van der Waals surface area contributed by atoms with Crippen LogP contribution in [0.4, 0.5) is 0 Å². The molecule has 0 radical (unpaired) electrons. The van der Waals surface area contributed by atoms with Crippen LogP contribution in [0.3, 0.4) is 0 Å². The van der Waals surface area contributed by atoms with Crippen LogP contribution in [0.1, 0.15) is 25.0 Å². The largest absolute Gasteiger partial charge is 0.495 e. The predicted octanol–water partition coefficient (Wildman–Crippen LogP) is 1.17. The molecule has 0 saturated carbocycles. The van der Waals surface area contributed by atoms with Crippen molar-refractivity contribution in [2.24, 2.45) is 11.7 Å². The van der Waals surface area contributed by atoms with Gasteiger partial charge in [-0.3, -0.25) is 4.79 Å². The molecule has 0 aromatic heterocycles. The Kier molecular flexibility index (Phi) is 5.34. The number of carbonyl (C=O) groups is 1. The van der Waals surface area contributed by atoms with Gasteiger partial charge in [-0.25, -0.2) is 0 Å². The van der Waals surface area contributed by atoms with E-state index >= 15 is 0 Å². The Morgan fingerprint density at radius 3 is 2.68 bits per heavy atom. The third-order valence-electron chi connectivity index (χ3n) is 2.89. The van der Waals surface area contributed by atoms with Gasteiger partial charge in [0.1, 0.15) is 11.8 Å². The van der Waals surface area contributed by atoms with Crippen LogP contribution >= 0.6 is 0 Å². The summed E-state index contributed by atoms with van der Waals surface area (Å²) in [5, 5.41) is 12.0. The molecule has 5 nitrogen and oxygen atoms in total. The lowest BCUT2D eigenvalue weighted by Crippen LogP contribution is -2.44. The van der Waals surface area contributed by atoms with Crippen LogP contribution in [0, 0.1) is 17.2 Å². The van der Waals surface area contributed by atoms with E-state index in [1.54, 1.807) is 12.1 Å². The second kappa shape index (κ2) is 6.76. The van der Waals surface area contributed by atoms with Crippen molar-refractivity contribution in [3.05, 3.63) is 29.3 Å². The maximum Gasteiger partial charge on any atom is 0.234 e. The molecule has 5 heteroatoms. The van der Waals surface area contributed by atoms with Crippen LogP contribution in [0.5, 0.6) is 5.75 Å². The number of methoxy groups -OCH3 is 1. The van der Waals surface area contributed by atoms with E-state index in [4.69, 9.17) is 15.7 Å². The molecule has 1 rings (SSSR count). The number of nitrogens with zero attached hydrogens (tertiary/aromatic N) is 1. The molecular weight excluding hydrogens is 242 g/mol. The van der Waals surface area contributed by atoms with Gasteiger partial charge in [0.25, 0.3) is 0 Å². The highest BCUT2D eigenvalue weighted by Crippen LogP contribution is 2.19. The van der Waals surface area contributed by atoms with Gasteiger partial charge in [-0.2, -0.15) is 5.26 Å². The van der Waals surface area contributed by atoms with Gasteiger partial charge in [-0.05, 0) is 23.6 Å². The molecule has 0 spiro atoms. The van der Waals surface area contributed by atoms with Gasteiger partial charge in [0.2, 0.25) is 5.91 Å². The van der Waals surface area contributed by atoms with E-state index in [1.165, 1.54) is 7.11 Å². The summed E-state index contributed by atoms with van der Waals surface area (Å²) in [6.45, 7) is 4.36. The van der Waals surface area contributed by atoms with Gasteiger partial charge in [-0.15, -0.1) is 0 Å². The van der Waals surface area contributed by atoms with Crippen LogP contribution in [0.2, 0.25) is 0 Å². The molecule has 0 saturated heterocycles. The second-order valence-corrected chi connectivity index (χ2v) is 4.65. The Labute approximate surface area is 113 Å². The molecule has 0 bridgehead atoms. The quantitative estimate of drug-likeness (QED) is 0.804. The first-order valence-electron chi connectivity index (χ1n) is 6.09. The molecule has 0 heterocycles. The fourth-order valence-corrected chi connectivity index (χ4v) is 1.83. The van der Waals surface area contributed by atoms with Crippen LogP contribution in [-0.2, 0) is 11.3 Å². The number of carbonyl (C=O) groups excluding carboxylic acids is 1. The molecule has 1 amide bonds. The Morgan fingerprint density at radius 2 is 2.21 bits per heavy atom. The Hall–Kier alpha value is -2.06. The highest BCUT2D eigenvalue weighted by atomic mass is 16.5. The molecule has 1 unspecified atom stereocenters. The lowest BCUT2D eigenvalue weighted by molar-refractivity contribution is -0.121. The number of hydrogen-bond donors (Lipinski definition) is 2. The minimum atomic E-state index is -0.373. The van der Waals surface area contributed by atoms with Crippen LogP contribution in [-0.4, -0.2) is 19.1 Å². The molecule has 3 N–H and O–H groups in total. The van der Waals surface area contributed by atoms with Crippen LogP contribution in [0.25, 0.3) is 0 Å². The smallest absolute Gasteiger partial charge is 0.234 e. The fourth-order valence-electron chi connectivity index (χ4n) is 1.83. The van der Waals surface area contributed by atoms with Crippen molar-refractivity contribution < 1.29 is 9.53 Å². The number of hydrogen-bond acceptors (Lipinski definition) is 4. The molecule has 0 aliphatic rings. The average Bonchev–Trinajstić information content (AvgIpc) is 2.37. The summed E-state index contributed by atoms with van der Waals surface area (Å²) in [6.07, 6.45) is 0. The number of ether oxygens (including phenoxy) is 1. The molecule has 1 atom stereocenters. The molecule has 102 valence electrons. The molecule has 19 heavy (non-hydrogen) atoms. The fraction of sp³-hybridized carbons (Fsp3) is 0.429. The van der Waals surface area contributed by atoms with Crippen molar-refractivity contribution in [1.29, 1.82) is 5.26 Å². The van der Waals surface area contributed by atoms with E-state index in [0.29, 0.717) is 17.9 Å². The van der Waals surface area contributed by atoms with Crippen molar-refractivity contribution in [2.75, 3.05) is 7.11 Å². The standard InChI is InChI=1S/C14H19N3O2/c1-9(2)13(14(16)18)17-8-10-4-5-11(7-15)12(6-10)19-3/h4-6,9,13,17H,8H2,1-3H3,(H2,16,18). The summed E-state index contributed by atoms with van der Waals surface area (Å²) >= 11 is 0. The predicted molar refractivity (Wildman–Crippen MR) is 72.4 cm³/mol. The van der Waals surface area contributed by atoms with Gasteiger partial charge >= 0.3 is 0 Å². The van der Waals surface area contributed by atoms with E-state index in [1.807, 2.05) is 19.9 Å². The summed E-state index contributed by atoms with van der Waals surface area (Å²) in [4.78, 5) is 11.3. The van der Waals surface area contributed by atoms with Crippen LogP contribution in [0.15, 0.2) is 18.2 Å². The number of benzene rings is 1. The summed E-state index contributed by atoms with van der Waals surface area (Å²) in [7, 11) is 1.52. The van der Waals surface area contributed by atoms with Gasteiger partial charge in [0.15, 0.2) is 0 Å². The van der Waals surface area contributed by atoms with Crippen molar-refractivity contribution in [1.82, 2.24) is 5.32 Å². The lowest BCUT2D eigenvalue weighted by Gasteiger charge is -2.19. The third kappa shape index (κ3) is 3.97. The summed E-state index contributed by atoms with van der Waals surface area (Å²) < 4.78 is 5.14. The van der Waals surface area contributed by atoms with Gasteiger partial charge < -0.3 is 15.8 Å². The first-order chi connectivity index (χ1) is 8.99. The maximum atomic E-state index is 11.3. The number of nitrogens with two attached hydrogens (primary N) is 1. The molecular formula is C14H19N3O2. The first kappa shape index (κ1) is 15.0. The van der Waals surface area contributed by atoms with Gasteiger partial charge in [0, 0.05) is 6.54 Å². The average molecular weight is 261 g/mol. The van der Waals surface area contributed by atoms with Crippen molar-refractivity contribution in [3.8, 4) is 11.8 Å². The number of nitriles is 1. The van der Waals surface area contributed by atoms with Gasteiger partial charge in [-0.1, -0.05) is 19.9 Å². The van der Waals surface area contributed by atoms with Gasteiger partial charge in [0.05, 0.1) is 18.7 Å². The zero-order valence-corrected chi connectivity index (χ0v) is 11.4. The van der Waals surface area contributed by atoms with Crippen molar-refractivity contribution in [3.63, 3.8) is 0 Å². The molecule has 1 aromatic rings. The Morgan fingerprint density at radius 1 is 1.53 bits per heavy atom. The zero-order chi connectivity index (χ0) is 14.4. The normalized spacial score (nSPS) is 11.9. The van der Waals surface area contributed by atoms with Crippen molar-refractivity contribution in [2.45, 2.75) is 26.4 Å². The van der Waals surface area contributed by atoms with E-state index in [-0.39, 0.29) is 17.9 Å². The number of amides is 1. The monoisotopic (exact) mass is 261 g/mol. The minimum Gasteiger partial charge on any atom is -0.495 e. The molecule has 0 aliphatic heterocycles. The van der Waals surface area contributed by atoms with E-state index < -0.39 is 0 Å². The van der Waals surface area contributed by atoms with Crippen LogP contribution < -0.4 is 15.8 Å². The van der Waals surface area contributed by atoms with E-state index in [2.05, 4.69) is 11.4 Å². The molecule has 1 aromatic carbocycles. The van der Waals surface area contributed by atoms with E-state index in [9.17, 15) is 4.79 Å². The highest BCUT2D eigenvalue weighted by molar-refractivity contribution is 5.80. The number of rotatable bonds is 6. The summed E-state index contributed by atoms with van der Waals surface area (Å²) in [5.41, 5.74) is 6.75. The maximum absolute atomic E-state index is 11.3. The highest BCUT2D eigenvalue weighted by Gasteiger charge is 2.18. The minimum absolute atomic E-state index is 0.123. The first-order valence-corrected chi connectivity index (χ1v) is 6.09.